The van der Waals surface area contributed by atoms with Gasteiger partial charge in [0.05, 0.1) is 5.75 Å². The third-order valence-corrected chi connectivity index (χ3v) is 4.88. The number of sulfone groups is 1. The van der Waals surface area contributed by atoms with Crippen LogP contribution in [0.2, 0.25) is 0 Å². The molecule has 2 aromatic rings. The van der Waals surface area contributed by atoms with Crippen LogP contribution in [0.3, 0.4) is 0 Å². The van der Waals surface area contributed by atoms with Crippen LogP contribution in [0, 0.1) is 0 Å². The Labute approximate surface area is 112 Å². The predicted molar refractivity (Wildman–Crippen MR) is 74.1 cm³/mol. The van der Waals surface area contributed by atoms with Crippen molar-refractivity contribution in [1.82, 2.24) is 9.55 Å². The van der Waals surface area contributed by atoms with Gasteiger partial charge < -0.3 is 4.57 Å². The van der Waals surface area contributed by atoms with Gasteiger partial charge in [0.1, 0.15) is 15.5 Å². The Bertz CT molecular complexity index is 689. The standard InChI is InChI=1S/C13H16N2O3S/c1-2-19(17,18)8-4-7-15-9-11(10-16)12-5-3-6-14-13(12)15/h3,5-6,9-10H,2,4,7-8H2,1H3. The fraction of sp³-hybridized carbons (Fsp3) is 0.385. The predicted octanol–water partition coefficient (Wildman–Crippen LogP) is 1.67. The molecule has 102 valence electrons. The Morgan fingerprint density at radius 2 is 2.21 bits per heavy atom. The van der Waals surface area contributed by atoms with E-state index in [0.29, 0.717) is 18.5 Å². The van der Waals surface area contributed by atoms with Gasteiger partial charge in [-0.25, -0.2) is 13.4 Å². The lowest BCUT2D eigenvalue weighted by Gasteiger charge is -2.04. The molecular formula is C13H16N2O3S. The maximum absolute atomic E-state index is 11.4. The van der Waals surface area contributed by atoms with Crippen molar-refractivity contribution in [3.8, 4) is 0 Å². The van der Waals surface area contributed by atoms with Crippen LogP contribution >= 0.6 is 0 Å². The van der Waals surface area contributed by atoms with Gasteiger partial charge in [0.15, 0.2) is 6.29 Å². The van der Waals surface area contributed by atoms with E-state index in [2.05, 4.69) is 4.98 Å². The molecule has 0 amide bonds. The van der Waals surface area contributed by atoms with Crippen molar-refractivity contribution in [2.24, 2.45) is 0 Å². The van der Waals surface area contributed by atoms with Gasteiger partial charge in [-0.2, -0.15) is 0 Å². The summed E-state index contributed by atoms with van der Waals surface area (Å²) in [5.41, 5.74) is 1.31. The topological polar surface area (TPSA) is 69.0 Å². The summed E-state index contributed by atoms with van der Waals surface area (Å²) in [5, 5.41) is 0.802. The SMILES string of the molecule is CCS(=O)(=O)CCCn1cc(C=O)c2cccnc21. The van der Waals surface area contributed by atoms with Crippen molar-refractivity contribution in [2.75, 3.05) is 11.5 Å². The number of carbonyl (C=O) groups excluding carboxylic acids is 1. The normalized spacial score (nSPS) is 11.8. The quantitative estimate of drug-likeness (QED) is 0.755. The van der Waals surface area contributed by atoms with Crippen LogP contribution in [-0.4, -0.2) is 35.8 Å². The molecule has 2 rings (SSSR count). The number of carbonyl (C=O) groups is 1. The first-order valence-corrected chi connectivity index (χ1v) is 7.99. The van der Waals surface area contributed by atoms with Gasteiger partial charge in [-0.15, -0.1) is 0 Å². The first-order chi connectivity index (χ1) is 9.07. The van der Waals surface area contributed by atoms with Crippen molar-refractivity contribution >= 4 is 27.2 Å². The summed E-state index contributed by atoms with van der Waals surface area (Å²) < 4.78 is 24.7. The summed E-state index contributed by atoms with van der Waals surface area (Å²) in [6, 6.07) is 3.62. The maximum atomic E-state index is 11.4. The molecule has 2 heterocycles. The van der Waals surface area contributed by atoms with Crippen LogP contribution in [0.5, 0.6) is 0 Å². The monoisotopic (exact) mass is 280 g/mol. The number of hydrogen-bond donors (Lipinski definition) is 0. The van der Waals surface area contributed by atoms with Crippen LogP contribution in [0.1, 0.15) is 23.7 Å². The number of fused-ring (bicyclic) bond motifs is 1. The minimum Gasteiger partial charge on any atom is -0.332 e. The minimum atomic E-state index is -2.94. The van der Waals surface area contributed by atoms with Crippen molar-refractivity contribution in [3.05, 3.63) is 30.1 Å². The van der Waals surface area contributed by atoms with Gasteiger partial charge in [-0.1, -0.05) is 6.92 Å². The lowest BCUT2D eigenvalue weighted by molar-refractivity contribution is 0.112. The van der Waals surface area contributed by atoms with Crippen LogP contribution in [0.25, 0.3) is 11.0 Å². The van der Waals surface area contributed by atoms with E-state index in [0.717, 1.165) is 17.3 Å². The number of aldehydes is 1. The summed E-state index contributed by atoms with van der Waals surface area (Å²) >= 11 is 0. The van der Waals surface area contributed by atoms with E-state index in [1.165, 1.54) is 0 Å². The van der Waals surface area contributed by atoms with Gasteiger partial charge in [-0.3, -0.25) is 4.79 Å². The number of rotatable bonds is 6. The number of nitrogens with zero attached hydrogens (tertiary/aromatic N) is 2. The Kier molecular flexibility index (Phi) is 3.99. The molecule has 0 radical (unpaired) electrons. The van der Waals surface area contributed by atoms with Gasteiger partial charge >= 0.3 is 0 Å². The summed E-state index contributed by atoms with van der Waals surface area (Å²) in [6.45, 7) is 2.19. The molecule has 0 saturated heterocycles. The number of aryl methyl sites for hydroxylation is 1. The van der Waals surface area contributed by atoms with Crippen molar-refractivity contribution in [3.63, 3.8) is 0 Å². The average molecular weight is 280 g/mol. The van der Waals surface area contributed by atoms with Crippen molar-refractivity contribution < 1.29 is 13.2 Å². The molecule has 19 heavy (non-hydrogen) atoms. The second kappa shape index (κ2) is 5.52. The summed E-state index contributed by atoms with van der Waals surface area (Å²) in [6.07, 6.45) is 4.71. The van der Waals surface area contributed by atoms with Crippen molar-refractivity contribution in [1.29, 1.82) is 0 Å². The fourth-order valence-corrected chi connectivity index (χ4v) is 2.87. The van der Waals surface area contributed by atoms with E-state index in [4.69, 9.17) is 0 Å². The minimum absolute atomic E-state index is 0.159. The average Bonchev–Trinajstić information content (AvgIpc) is 2.77. The highest BCUT2D eigenvalue weighted by Gasteiger charge is 2.10. The molecule has 2 aromatic heterocycles. The molecule has 0 aliphatic carbocycles. The molecule has 0 fully saturated rings. The van der Waals surface area contributed by atoms with Gasteiger partial charge in [0.2, 0.25) is 0 Å². The van der Waals surface area contributed by atoms with E-state index >= 15 is 0 Å². The van der Waals surface area contributed by atoms with E-state index in [9.17, 15) is 13.2 Å². The van der Waals surface area contributed by atoms with E-state index < -0.39 is 9.84 Å². The molecule has 6 heteroatoms. The molecule has 0 bridgehead atoms. The largest absolute Gasteiger partial charge is 0.332 e. The Morgan fingerprint density at radius 1 is 1.42 bits per heavy atom. The fourth-order valence-electron chi connectivity index (χ4n) is 2.01. The molecular weight excluding hydrogens is 264 g/mol. The molecule has 0 unspecified atom stereocenters. The zero-order chi connectivity index (χ0) is 13.9. The molecule has 0 aliphatic heterocycles. The van der Waals surface area contributed by atoms with Gasteiger partial charge in [0.25, 0.3) is 0 Å². The van der Waals surface area contributed by atoms with Crippen molar-refractivity contribution in [2.45, 2.75) is 19.9 Å². The molecule has 0 spiro atoms. The molecule has 0 aliphatic rings. The van der Waals surface area contributed by atoms with Crippen LogP contribution in [0.15, 0.2) is 24.5 Å². The summed E-state index contributed by atoms with van der Waals surface area (Å²) in [4.78, 5) is 15.2. The molecule has 5 nitrogen and oxygen atoms in total. The number of hydrogen-bond acceptors (Lipinski definition) is 4. The number of aromatic nitrogens is 2. The van der Waals surface area contributed by atoms with Gasteiger partial charge in [-0.05, 0) is 18.6 Å². The first kappa shape index (κ1) is 13.7. The summed E-state index contributed by atoms with van der Waals surface area (Å²) in [7, 11) is -2.94. The van der Waals surface area contributed by atoms with E-state index in [1.807, 2.05) is 10.6 Å². The summed E-state index contributed by atoms with van der Waals surface area (Å²) in [5.74, 6) is 0.323. The van der Waals surface area contributed by atoms with Crippen LogP contribution < -0.4 is 0 Å². The second-order valence-corrected chi connectivity index (χ2v) is 6.83. The molecule has 0 N–H and O–H groups in total. The zero-order valence-electron chi connectivity index (χ0n) is 10.7. The number of pyridine rings is 1. The molecule has 0 saturated carbocycles. The molecule has 0 atom stereocenters. The Hall–Kier alpha value is -1.69. The highest BCUT2D eigenvalue weighted by atomic mass is 32.2. The van der Waals surface area contributed by atoms with E-state index in [1.54, 1.807) is 25.4 Å². The lowest BCUT2D eigenvalue weighted by Crippen LogP contribution is -2.11. The zero-order valence-corrected chi connectivity index (χ0v) is 11.6. The Morgan fingerprint density at radius 3 is 2.89 bits per heavy atom. The lowest BCUT2D eigenvalue weighted by atomic mass is 10.2. The Balaban J connectivity index is 2.20. The first-order valence-electron chi connectivity index (χ1n) is 6.17. The highest BCUT2D eigenvalue weighted by Crippen LogP contribution is 2.18. The third kappa shape index (κ3) is 3.01. The third-order valence-electron chi connectivity index (χ3n) is 3.09. The van der Waals surface area contributed by atoms with Crippen LogP contribution in [0.4, 0.5) is 0 Å². The van der Waals surface area contributed by atoms with Gasteiger partial charge in [0, 0.05) is 35.6 Å². The smallest absolute Gasteiger partial charge is 0.152 e. The van der Waals surface area contributed by atoms with E-state index in [-0.39, 0.29) is 11.5 Å². The maximum Gasteiger partial charge on any atom is 0.152 e. The highest BCUT2D eigenvalue weighted by molar-refractivity contribution is 7.91. The molecule has 0 aromatic carbocycles. The second-order valence-electron chi connectivity index (χ2n) is 4.36. The van der Waals surface area contributed by atoms with Crippen LogP contribution in [-0.2, 0) is 16.4 Å².